The summed E-state index contributed by atoms with van der Waals surface area (Å²) in [5.74, 6) is -3.17. The molecule has 7 nitrogen and oxygen atoms in total. The van der Waals surface area contributed by atoms with Gasteiger partial charge in [-0.15, -0.1) is 0 Å². The molecule has 0 radical (unpaired) electrons. The first-order chi connectivity index (χ1) is 10.9. The van der Waals surface area contributed by atoms with E-state index in [1.165, 1.54) is 18.2 Å². The third-order valence-corrected chi connectivity index (χ3v) is 3.47. The standard InChI is InChI=1S/C15H8ClNO6.2Na/c16-6-1-2-11-8(3-6)13(20)9-4-7(15(21)22)10(5-12(18)19)17-14(9)23-11;;/h1-4H,5H2,(H,18,19)(H,21,22);;/q;2*+1/p-2. The van der Waals surface area contributed by atoms with Crippen LogP contribution in [0.4, 0.5) is 0 Å². The SMILES string of the molecule is O=C([O-])Cc1nc2oc3ccc(Cl)cc3c(=O)c2cc1C(=O)[O-].[Na+].[Na+]. The van der Waals surface area contributed by atoms with E-state index in [1.807, 2.05) is 0 Å². The van der Waals surface area contributed by atoms with Gasteiger partial charge in [0, 0.05) is 23.0 Å². The fraction of sp³-hybridized carbons (Fsp3) is 0.0667. The molecule has 0 aliphatic heterocycles. The van der Waals surface area contributed by atoms with Crippen molar-refractivity contribution in [3.63, 3.8) is 0 Å². The topological polar surface area (TPSA) is 123 Å². The molecule has 0 saturated carbocycles. The van der Waals surface area contributed by atoms with Crippen molar-refractivity contribution in [2.45, 2.75) is 6.42 Å². The number of benzene rings is 1. The fourth-order valence-corrected chi connectivity index (χ4v) is 2.41. The minimum absolute atomic E-state index is 0. The Morgan fingerprint density at radius 1 is 1.12 bits per heavy atom. The van der Waals surface area contributed by atoms with Crippen molar-refractivity contribution in [2.24, 2.45) is 0 Å². The third-order valence-electron chi connectivity index (χ3n) is 3.24. The molecule has 3 rings (SSSR count). The molecule has 2 heterocycles. The first-order valence-electron chi connectivity index (χ1n) is 6.34. The van der Waals surface area contributed by atoms with Gasteiger partial charge >= 0.3 is 59.1 Å². The van der Waals surface area contributed by atoms with E-state index in [0.29, 0.717) is 5.02 Å². The smallest absolute Gasteiger partial charge is 0.550 e. The van der Waals surface area contributed by atoms with E-state index >= 15 is 0 Å². The Morgan fingerprint density at radius 2 is 1.80 bits per heavy atom. The quantitative estimate of drug-likeness (QED) is 0.328. The van der Waals surface area contributed by atoms with Crippen molar-refractivity contribution in [1.29, 1.82) is 0 Å². The van der Waals surface area contributed by atoms with Gasteiger partial charge in [0.25, 0.3) is 0 Å². The van der Waals surface area contributed by atoms with Gasteiger partial charge < -0.3 is 24.2 Å². The second-order valence-electron chi connectivity index (χ2n) is 4.74. The summed E-state index contributed by atoms with van der Waals surface area (Å²) < 4.78 is 5.44. The number of pyridine rings is 1. The van der Waals surface area contributed by atoms with Gasteiger partial charge in [0.05, 0.1) is 22.4 Å². The number of nitrogens with zero attached hydrogens (tertiary/aromatic N) is 1. The molecule has 0 N–H and O–H groups in total. The number of carboxylic acids is 2. The van der Waals surface area contributed by atoms with Crippen LogP contribution in [0.15, 0.2) is 33.5 Å². The van der Waals surface area contributed by atoms with Crippen molar-refractivity contribution in [3.8, 4) is 0 Å². The zero-order valence-electron chi connectivity index (χ0n) is 13.3. The van der Waals surface area contributed by atoms with Gasteiger partial charge in [-0.2, -0.15) is 0 Å². The van der Waals surface area contributed by atoms with Crippen LogP contribution < -0.4 is 74.8 Å². The molecule has 0 fully saturated rings. The summed E-state index contributed by atoms with van der Waals surface area (Å²) in [6.45, 7) is 0. The van der Waals surface area contributed by atoms with E-state index in [-0.39, 0.29) is 86.9 Å². The number of hydrogen-bond acceptors (Lipinski definition) is 7. The molecular weight excluding hydrogens is 372 g/mol. The van der Waals surface area contributed by atoms with Gasteiger partial charge in [-0.05, 0) is 24.3 Å². The second kappa shape index (κ2) is 8.64. The van der Waals surface area contributed by atoms with Crippen molar-refractivity contribution in [2.75, 3.05) is 0 Å². The average Bonchev–Trinajstić information content (AvgIpc) is 2.47. The Bertz CT molecular complexity index is 1050. The zero-order valence-corrected chi connectivity index (χ0v) is 18.0. The van der Waals surface area contributed by atoms with Crippen LogP contribution in [0.25, 0.3) is 22.1 Å². The molecule has 1 aromatic carbocycles. The maximum absolute atomic E-state index is 12.4. The Morgan fingerprint density at radius 3 is 2.40 bits per heavy atom. The molecule has 25 heavy (non-hydrogen) atoms. The minimum atomic E-state index is -1.65. The number of aromatic carboxylic acids is 1. The first kappa shape index (κ1) is 22.1. The van der Waals surface area contributed by atoms with Gasteiger partial charge in [-0.1, -0.05) is 11.6 Å². The Labute approximate surface area is 189 Å². The van der Waals surface area contributed by atoms with E-state index in [0.717, 1.165) is 6.07 Å². The Kier molecular flexibility index (Phi) is 7.64. The van der Waals surface area contributed by atoms with E-state index in [4.69, 9.17) is 16.0 Å². The number of fused-ring (bicyclic) bond motifs is 2. The molecule has 0 saturated heterocycles. The number of carbonyl (C=O) groups is 2. The molecule has 0 spiro atoms. The Hall–Kier alpha value is -0.930. The van der Waals surface area contributed by atoms with Crippen LogP contribution in [0, 0.1) is 0 Å². The van der Waals surface area contributed by atoms with Crippen molar-refractivity contribution in [1.82, 2.24) is 4.98 Å². The van der Waals surface area contributed by atoms with E-state index in [9.17, 15) is 24.6 Å². The molecule has 116 valence electrons. The van der Waals surface area contributed by atoms with Crippen molar-refractivity contribution in [3.05, 3.63) is 50.8 Å². The van der Waals surface area contributed by atoms with Gasteiger partial charge in [-0.25, -0.2) is 4.98 Å². The predicted molar refractivity (Wildman–Crippen MR) is 75.8 cm³/mol. The van der Waals surface area contributed by atoms with Gasteiger partial charge in [0.1, 0.15) is 5.58 Å². The normalized spacial score (nSPS) is 10.1. The van der Waals surface area contributed by atoms with Gasteiger partial charge in [0.2, 0.25) is 11.1 Å². The number of halogens is 1. The second-order valence-corrected chi connectivity index (χ2v) is 5.18. The molecule has 0 unspecified atom stereocenters. The molecular formula is C15H6ClNNa2O6. The van der Waals surface area contributed by atoms with Crippen LogP contribution in [0.5, 0.6) is 0 Å². The largest absolute Gasteiger partial charge is 1.00 e. The van der Waals surface area contributed by atoms with Crippen LogP contribution >= 0.6 is 11.6 Å². The van der Waals surface area contributed by atoms with Gasteiger partial charge in [0.15, 0.2) is 0 Å². The number of rotatable bonds is 3. The van der Waals surface area contributed by atoms with Crippen molar-refractivity contribution >= 4 is 45.6 Å². The summed E-state index contributed by atoms with van der Waals surface area (Å²) in [5.41, 5.74) is -1.32. The molecule has 0 amide bonds. The average molecular weight is 378 g/mol. The van der Waals surface area contributed by atoms with Gasteiger partial charge in [-0.3, -0.25) is 4.79 Å². The predicted octanol–water partition coefficient (Wildman–Crippen LogP) is -6.34. The Balaban J connectivity index is 0.00000156. The molecule has 3 aromatic rings. The summed E-state index contributed by atoms with van der Waals surface area (Å²) in [7, 11) is 0. The first-order valence-corrected chi connectivity index (χ1v) is 6.72. The number of aromatic nitrogens is 1. The molecule has 2 aromatic heterocycles. The van der Waals surface area contributed by atoms with Crippen LogP contribution in [-0.4, -0.2) is 16.9 Å². The van der Waals surface area contributed by atoms with Crippen LogP contribution in [0.1, 0.15) is 16.1 Å². The summed E-state index contributed by atoms with van der Waals surface area (Å²) in [5, 5.41) is 22.2. The maximum Gasteiger partial charge on any atom is 1.00 e. The molecule has 0 atom stereocenters. The van der Waals surface area contributed by atoms with Crippen LogP contribution in [0.2, 0.25) is 5.02 Å². The number of hydrogen-bond donors (Lipinski definition) is 0. The van der Waals surface area contributed by atoms with E-state index in [2.05, 4.69) is 4.98 Å². The molecule has 0 aliphatic rings. The van der Waals surface area contributed by atoms with Crippen LogP contribution in [-0.2, 0) is 11.2 Å². The number of carboxylic acid groups (broad SMARTS) is 2. The zero-order chi connectivity index (χ0) is 16.7. The van der Waals surface area contributed by atoms with Crippen LogP contribution in [0.3, 0.4) is 0 Å². The minimum Gasteiger partial charge on any atom is -0.550 e. The summed E-state index contributed by atoms with van der Waals surface area (Å²) >= 11 is 5.83. The molecule has 0 aliphatic carbocycles. The summed E-state index contributed by atoms with van der Waals surface area (Å²) in [6, 6.07) is 5.35. The molecule has 10 heteroatoms. The van der Waals surface area contributed by atoms with E-state index < -0.39 is 29.4 Å². The van der Waals surface area contributed by atoms with Crippen molar-refractivity contribution < 1.29 is 83.3 Å². The maximum atomic E-state index is 12.4. The summed E-state index contributed by atoms with van der Waals surface area (Å²) in [6.07, 6.45) is -0.748. The molecule has 0 bridgehead atoms. The third kappa shape index (κ3) is 4.43. The monoisotopic (exact) mass is 377 g/mol. The van der Waals surface area contributed by atoms with E-state index in [1.54, 1.807) is 0 Å². The summed E-state index contributed by atoms with van der Waals surface area (Å²) in [4.78, 5) is 38.2. The number of carbonyl (C=O) groups excluding carboxylic acids is 2. The fourth-order valence-electron chi connectivity index (χ4n) is 2.24. The number of aliphatic carboxylic acids is 1.